The van der Waals surface area contributed by atoms with E-state index in [4.69, 9.17) is 10.5 Å². The molecule has 0 spiro atoms. The van der Waals surface area contributed by atoms with Crippen molar-refractivity contribution in [1.29, 1.82) is 0 Å². The van der Waals surface area contributed by atoms with Gasteiger partial charge in [0.15, 0.2) is 0 Å². The van der Waals surface area contributed by atoms with Crippen molar-refractivity contribution >= 4 is 22.6 Å². The number of rotatable bonds is 3. The Kier molecular flexibility index (Phi) is 3.96. The first kappa shape index (κ1) is 12.3. The predicted molar refractivity (Wildman–Crippen MR) is 76.0 cm³/mol. The summed E-state index contributed by atoms with van der Waals surface area (Å²) in [5.74, 6) is 0.726. The molecule has 88 valence electrons. The maximum Gasteiger partial charge on any atom is 0.137 e. The fraction of sp³-hybridized carbons (Fsp3) is 0.154. The van der Waals surface area contributed by atoms with E-state index < -0.39 is 0 Å². The summed E-state index contributed by atoms with van der Waals surface area (Å²) in [5, 5.41) is 0. The fourth-order valence-electron chi connectivity index (χ4n) is 1.62. The van der Waals surface area contributed by atoms with Gasteiger partial charge in [-0.1, -0.05) is 18.2 Å². The molecule has 4 heteroatoms. The van der Waals surface area contributed by atoms with Crippen molar-refractivity contribution in [2.45, 2.75) is 6.04 Å². The van der Waals surface area contributed by atoms with E-state index in [9.17, 15) is 0 Å². The van der Waals surface area contributed by atoms with Crippen LogP contribution in [0, 0.1) is 3.57 Å². The average molecular weight is 340 g/mol. The molecule has 1 atom stereocenters. The quantitative estimate of drug-likeness (QED) is 0.874. The van der Waals surface area contributed by atoms with Crippen LogP contribution in [0.3, 0.4) is 0 Å². The number of ether oxygens (including phenoxy) is 1. The van der Waals surface area contributed by atoms with Gasteiger partial charge in [-0.15, -0.1) is 0 Å². The normalized spacial score (nSPS) is 12.2. The smallest absolute Gasteiger partial charge is 0.137 e. The molecule has 1 heterocycles. The second-order valence-corrected chi connectivity index (χ2v) is 4.82. The summed E-state index contributed by atoms with van der Waals surface area (Å²) >= 11 is 2.29. The van der Waals surface area contributed by atoms with Crippen molar-refractivity contribution in [1.82, 2.24) is 4.98 Å². The van der Waals surface area contributed by atoms with Crippen LogP contribution in [0.25, 0.3) is 0 Å². The number of aromatic nitrogens is 1. The van der Waals surface area contributed by atoms with E-state index in [0.717, 1.165) is 20.4 Å². The molecule has 3 nitrogen and oxygen atoms in total. The number of methoxy groups -OCH3 is 1. The van der Waals surface area contributed by atoms with Crippen LogP contribution in [-0.4, -0.2) is 12.1 Å². The van der Waals surface area contributed by atoms with Gasteiger partial charge in [0, 0.05) is 9.77 Å². The van der Waals surface area contributed by atoms with Gasteiger partial charge in [-0.05, 0) is 45.9 Å². The summed E-state index contributed by atoms with van der Waals surface area (Å²) < 4.78 is 6.30. The molecular weight excluding hydrogens is 327 g/mol. The minimum absolute atomic E-state index is 0.175. The van der Waals surface area contributed by atoms with E-state index >= 15 is 0 Å². The van der Waals surface area contributed by atoms with Gasteiger partial charge in [-0.2, -0.15) is 0 Å². The zero-order valence-corrected chi connectivity index (χ0v) is 11.6. The van der Waals surface area contributed by atoms with Gasteiger partial charge in [0.2, 0.25) is 0 Å². The van der Waals surface area contributed by atoms with Crippen LogP contribution >= 0.6 is 22.6 Å². The number of benzene rings is 1. The molecule has 2 rings (SSSR count). The zero-order chi connectivity index (χ0) is 12.3. The second-order valence-electron chi connectivity index (χ2n) is 3.66. The predicted octanol–water partition coefficient (Wildman–Crippen LogP) is 2.74. The van der Waals surface area contributed by atoms with Gasteiger partial charge in [-0.3, -0.25) is 4.98 Å². The first-order chi connectivity index (χ1) is 8.22. The Hall–Kier alpha value is -1.14. The Morgan fingerprint density at radius 1 is 1.29 bits per heavy atom. The molecule has 17 heavy (non-hydrogen) atoms. The largest absolute Gasteiger partial charge is 0.495 e. The lowest BCUT2D eigenvalue weighted by atomic mass is 10.0. The van der Waals surface area contributed by atoms with Crippen molar-refractivity contribution in [3.63, 3.8) is 0 Å². The highest BCUT2D eigenvalue weighted by atomic mass is 127. The molecule has 0 bridgehead atoms. The topological polar surface area (TPSA) is 48.1 Å². The molecule has 0 aliphatic heterocycles. The fourth-order valence-corrected chi connectivity index (χ4v) is 2.35. The molecule has 2 aromatic rings. The Balaban J connectivity index is 2.37. The van der Waals surface area contributed by atoms with Crippen molar-refractivity contribution in [3.8, 4) is 5.75 Å². The first-order valence-electron chi connectivity index (χ1n) is 5.21. The van der Waals surface area contributed by atoms with Gasteiger partial charge in [0.05, 0.1) is 19.3 Å². The molecule has 0 saturated carbocycles. The van der Waals surface area contributed by atoms with Gasteiger partial charge in [0.25, 0.3) is 0 Å². The van der Waals surface area contributed by atoms with E-state index in [-0.39, 0.29) is 6.04 Å². The highest BCUT2D eigenvalue weighted by Gasteiger charge is 2.12. The highest BCUT2D eigenvalue weighted by Crippen LogP contribution is 2.25. The highest BCUT2D eigenvalue weighted by molar-refractivity contribution is 14.1. The standard InChI is InChI=1S/C13H13IN2O/c1-17-10-6-9(7-16-8-10)13(15)11-4-2-3-5-12(11)14/h2-8,13H,15H2,1H3. The molecule has 0 amide bonds. The minimum Gasteiger partial charge on any atom is -0.495 e. The summed E-state index contributed by atoms with van der Waals surface area (Å²) in [6.45, 7) is 0. The van der Waals surface area contributed by atoms with Gasteiger partial charge < -0.3 is 10.5 Å². The van der Waals surface area contributed by atoms with Crippen LogP contribution < -0.4 is 10.5 Å². The maximum atomic E-state index is 6.24. The first-order valence-corrected chi connectivity index (χ1v) is 6.29. The zero-order valence-electron chi connectivity index (χ0n) is 9.43. The summed E-state index contributed by atoms with van der Waals surface area (Å²) in [4.78, 5) is 4.12. The van der Waals surface area contributed by atoms with Crippen molar-refractivity contribution in [2.75, 3.05) is 7.11 Å². The van der Waals surface area contributed by atoms with E-state index in [1.165, 1.54) is 0 Å². The second kappa shape index (κ2) is 5.46. The summed E-state index contributed by atoms with van der Waals surface area (Å²) in [6.07, 6.45) is 3.45. The molecular formula is C13H13IN2O. The molecule has 1 aromatic carbocycles. The molecule has 0 fully saturated rings. The number of halogens is 1. The number of nitrogens with two attached hydrogens (primary N) is 1. The van der Waals surface area contributed by atoms with Crippen LogP contribution in [0.15, 0.2) is 42.7 Å². The Labute approximate surface area is 114 Å². The number of hydrogen-bond donors (Lipinski definition) is 1. The van der Waals surface area contributed by atoms with E-state index in [0.29, 0.717) is 0 Å². The Morgan fingerprint density at radius 3 is 2.76 bits per heavy atom. The monoisotopic (exact) mass is 340 g/mol. The van der Waals surface area contributed by atoms with E-state index in [1.54, 1.807) is 19.5 Å². The molecule has 2 N–H and O–H groups in total. The van der Waals surface area contributed by atoms with Gasteiger partial charge in [0.1, 0.15) is 5.75 Å². The average Bonchev–Trinajstić information content (AvgIpc) is 2.38. The SMILES string of the molecule is COc1cncc(C(N)c2ccccc2I)c1. The summed E-state index contributed by atoms with van der Waals surface area (Å²) in [5.41, 5.74) is 8.29. The third kappa shape index (κ3) is 2.76. The lowest BCUT2D eigenvalue weighted by Gasteiger charge is -2.14. The Bertz CT molecular complexity index is 516. The minimum atomic E-state index is -0.175. The summed E-state index contributed by atoms with van der Waals surface area (Å²) in [6, 6.07) is 9.81. The number of hydrogen-bond acceptors (Lipinski definition) is 3. The third-order valence-corrected chi connectivity index (χ3v) is 3.55. The molecule has 0 aliphatic carbocycles. The molecule has 1 aromatic heterocycles. The van der Waals surface area contributed by atoms with Crippen molar-refractivity contribution in [3.05, 3.63) is 57.4 Å². The van der Waals surface area contributed by atoms with Crippen LogP contribution in [0.1, 0.15) is 17.2 Å². The molecule has 0 aliphatic rings. The number of pyridine rings is 1. The lowest BCUT2D eigenvalue weighted by Crippen LogP contribution is -2.13. The number of nitrogens with zero attached hydrogens (tertiary/aromatic N) is 1. The van der Waals surface area contributed by atoms with Gasteiger partial charge >= 0.3 is 0 Å². The van der Waals surface area contributed by atoms with Crippen LogP contribution in [-0.2, 0) is 0 Å². The van der Waals surface area contributed by atoms with Crippen LogP contribution in [0.2, 0.25) is 0 Å². The maximum absolute atomic E-state index is 6.24. The Morgan fingerprint density at radius 2 is 2.06 bits per heavy atom. The molecule has 0 saturated heterocycles. The third-order valence-electron chi connectivity index (χ3n) is 2.57. The lowest BCUT2D eigenvalue weighted by molar-refractivity contribution is 0.412. The van der Waals surface area contributed by atoms with E-state index in [2.05, 4.69) is 27.6 Å². The van der Waals surface area contributed by atoms with Crippen LogP contribution in [0.5, 0.6) is 5.75 Å². The molecule has 1 unspecified atom stereocenters. The molecule has 0 radical (unpaired) electrons. The van der Waals surface area contributed by atoms with Crippen molar-refractivity contribution < 1.29 is 4.74 Å². The summed E-state index contributed by atoms with van der Waals surface area (Å²) in [7, 11) is 1.62. The van der Waals surface area contributed by atoms with E-state index in [1.807, 2.05) is 30.3 Å². The van der Waals surface area contributed by atoms with Gasteiger partial charge in [-0.25, -0.2) is 0 Å². The van der Waals surface area contributed by atoms with Crippen LogP contribution in [0.4, 0.5) is 0 Å². The van der Waals surface area contributed by atoms with Crippen molar-refractivity contribution in [2.24, 2.45) is 5.73 Å².